The quantitative estimate of drug-likeness (QED) is 0.447. The molecular formula is C18H16F6N2O4S. The van der Waals surface area contributed by atoms with E-state index >= 15 is 0 Å². The Morgan fingerprint density at radius 2 is 1.61 bits per heavy atom. The van der Waals surface area contributed by atoms with Crippen LogP contribution in [0.3, 0.4) is 0 Å². The van der Waals surface area contributed by atoms with Crippen molar-refractivity contribution < 1.29 is 45.4 Å². The molecule has 170 valence electrons. The highest BCUT2D eigenvalue weighted by Crippen LogP contribution is 2.36. The van der Waals surface area contributed by atoms with Gasteiger partial charge in [0.1, 0.15) is 5.01 Å². The van der Waals surface area contributed by atoms with Crippen LogP contribution >= 0.6 is 11.3 Å². The van der Waals surface area contributed by atoms with Crippen molar-refractivity contribution in [2.45, 2.75) is 18.9 Å². The predicted octanol–water partition coefficient (Wildman–Crippen LogP) is 4.26. The third kappa shape index (κ3) is 6.40. The van der Waals surface area contributed by atoms with E-state index in [0.29, 0.717) is 12.1 Å². The first-order chi connectivity index (χ1) is 14.4. The van der Waals surface area contributed by atoms with Gasteiger partial charge < -0.3 is 14.4 Å². The van der Waals surface area contributed by atoms with Gasteiger partial charge in [-0.3, -0.25) is 4.79 Å². The largest absolute Gasteiger partial charge is 0.464 e. The number of benzene rings is 1. The first-order valence-electron chi connectivity index (χ1n) is 8.47. The highest BCUT2D eigenvalue weighted by atomic mass is 32.1. The maximum atomic E-state index is 13.1. The van der Waals surface area contributed by atoms with Gasteiger partial charge in [0.2, 0.25) is 0 Å². The Labute approximate surface area is 176 Å². The second kappa shape index (κ2) is 9.64. The summed E-state index contributed by atoms with van der Waals surface area (Å²) in [5.74, 6) is -1.81. The molecule has 0 radical (unpaired) electrons. The SMILES string of the molecule is COCCN(Cc1nc(C(=O)OC)cs1)C(=O)c1cc(C(F)(F)F)cc(C(F)(F)F)c1. The number of halogens is 6. The summed E-state index contributed by atoms with van der Waals surface area (Å²) >= 11 is 0.976. The van der Waals surface area contributed by atoms with Crippen molar-refractivity contribution in [3.63, 3.8) is 0 Å². The van der Waals surface area contributed by atoms with Crippen LogP contribution < -0.4 is 0 Å². The molecule has 0 atom stereocenters. The van der Waals surface area contributed by atoms with E-state index in [9.17, 15) is 35.9 Å². The van der Waals surface area contributed by atoms with Crippen LogP contribution in [-0.2, 0) is 28.4 Å². The fourth-order valence-corrected chi connectivity index (χ4v) is 3.24. The molecule has 0 spiro atoms. The standard InChI is InChI=1S/C18H16F6N2O4S/c1-29-4-3-26(8-14-25-13(9-31-14)16(28)30-2)15(27)10-5-11(17(19,20)21)7-12(6-10)18(22,23)24/h5-7,9H,3-4,8H2,1-2H3. The Balaban J connectivity index is 2.42. The van der Waals surface area contributed by atoms with Crippen LogP contribution in [0.25, 0.3) is 0 Å². The van der Waals surface area contributed by atoms with Crippen molar-refractivity contribution in [2.75, 3.05) is 27.4 Å². The summed E-state index contributed by atoms with van der Waals surface area (Å²) in [7, 11) is 2.45. The lowest BCUT2D eigenvalue weighted by molar-refractivity contribution is -0.143. The maximum Gasteiger partial charge on any atom is 0.416 e. The van der Waals surface area contributed by atoms with Crippen LogP contribution in [0.15, 0.2) is 23.6 Å². The Kier molecular flexibility index (Phi) is 7.65. The molecule has 2 aromatic rings. The average Bonchev–Trinajstić information content (AvgIpc) is 3.17. The number of carbonyl (C=O) groups is 2. The Hall–Kier alpha value is -2.67. The van der Waals surface area contributed by atoms with Crippen LogP contribution in [0.5, 0.6) is 0 Å². The third-order valence-electron chi connectivity index (χ3n) is 3.96. The van der Waals surface area contributed by atoms with Crippen molar-refractivity contribution in [3.8, 4) is 0 Å². The predicted molar refractivity (Wildman–Crippen MR) is 96.5 cm³/mol. The minimum absolute atomic E-state index is 0.0357. The first kappa shape index (κ1) is 24.6. The molecule has 1 aromatic heterocycles. The smallest absolute Gasteiger partial charge is 0.416 e. The first-order valence-corrected chi connectivity index (χ1v) is 9.35. The lowest BCUT2D eigenvalue weighted by Crippen LogP contribution is -2.34. The molecule has 1 amide bonds. The molecule has 0 N–H and O–H groups in total. The van der Waals surface area contributed by atoms with Gasteiger partial charge in [0.05, 0.1) is 31.4 Å². The van der Waals surface area contributed by atoms with E-state index in [2.05, 4.69) is 9.72 Å². The van der Waals surface area contributed by atoms with Gasteiger partial charge in [-0.1, -0.05) is 0 Å². The number of methoxy groups -OCH3 is 2. The number of nitrogens with zero attached hydrogens (tertiary/aromatic N) is 2. The molecule has 0 bridgehead atoms. The molecule has 0 unspecified atom stereocenters. The van der Waals surface area contributed by atoms with E-state index in [0.717, 1.165) is 23.3 Å². The van der Waals surface area contributed by atoms with Gasteiger partial charge in [-0.2, -0.15) is 26.3 Å². The van der Waals surface area contributed by atoms with E-state index in [1.807, 2.05) is 0 Å². The minimum atomic E-state index is -5.08. The van der Waals surface area contributed by atoms with Gasteiger partial charge in [-0.05, 0) is 18.2 Å². The van der Waals surface area contributed by atoms with E-state index in [4.69, 9.17) is 4.74 Å². The molecule has 31 heavy (non-hydrogen) atoms. The monoisotopic (exact) mass is 470 g/mol. The van der Waals surface area contributed by atoms with E-state index in [1.54, 1.807) is 0 Å². The topological polar surface area (TPSA) is 68.7 Å². The Bertz CT molecular complexity index is 910. The zero-order valence-electron chi connectivity index (χ0n) is 16.1. The van der Waals surface area contributed by atoms with Crippen molar-refractivity contribution in [1.29, 1.82) is 0 Å². The fourth-order valence-electron chi connectivity index (χ4n) is 2.46. The molecule has 13 heteroatoms. The summed E-state index contributed by atoms with van der Waals surface area (Å²) in [6.07, 6.45) is -10.2. The molecule has 0 saturated heterocycles. The molecule has 0 fully saturated rings. The molecule has 0 aliphatic heterocycles. The zero-order valence-corrected chi connectivity index (χ0v) is 17.0. The molecule has 6 nitrogen and oxygen atoms in total. The molecule has 2 rings (SSSR count). The van der Waals surface area contributed by atoms with Crippen LogP contribution in [-0.4, -0.2) is 49.1 Å². The number of aromatic nitrogens is 1. The number of hydrogen-bond donors (Lipinski definition) is 0. The number of thiazole rings is 1. The number of rotatable bonds is 7. The highest BCUT2D eigenvalue weighted by molar-refractivity contribution is 7.09. The number of ether oxygens (including phenoxy) is 2. The molecule has 0 aliphatic rings. The zero-order chi connectivity index (χ0) is 23.4. The van der Waals surface area contributed by atoms with Crippen molar-refractivity contribution in [3.05, 3.63) is 51.0 Å². The van der Waals surface area contributed by atoms with Crippen LogP contribution in [0.4, 0.5) is 26.3 Å². The number of carbonyl (C=O) groups excluding carboxylic acids is 2. The van der Waals surface area contributed by atoms with Gasteiger partial charge in [-0.15, -0.1) is 11.3 Å². The summed E-state index contributed by atoms with van der Waals surface area (Å²) in [6, 6.07) is 0.665. The van der Waals surface area contributed by atoms with Crippen LogP contribution in [0, 0.1) is 0 Å². The molecule has 0 aliphatic carbocycles. The van der Waals surface area contributed by atoms with Gasteiger partial charge in [0.15, 0.2) is 5.69 Å². The minimum Gasteiger partial charge on any atom is -0.464 e. The Morgan fingerprint density at radius 1 is 1.03 bits per heavy atom. The lowest BCUT2D eigenvalue weighted by atomic mass is 10.0. The third-order valence-corrected chi connectivity index (χ3v) is 4.79. The van der Waals surface area contributed by atoms with Gasteiger partial charge in [-0.25, -0.2) is 9.78 Å². The van der Waals surface area contributed by atoms with Crippen LogP contribution in [0.1, 0.15) is 37.0 Å². The number of esters is 1. The summed E-state index contributed by atoms with van der Waals surface area (Å²) in [5.41, 5.74) is -4.03. The second-order valence-electron chi connectivity index (χ2n) is 6.13. The van der Waals surface area contributed by atoms with Gasteiger partial charge >= 0.3 is 18.3 Å². The summed E-state index contributed by atoms with van der Waals surface area (Å²) in [5, 5.41) is 1.58. The lowest BCUT2D eigenvalue weighted by Gasteiger charge is -2.22. The molecule has 1 aromatic carbocycles. The second-order valence-corrected chi connectivity index (χ2v) is 7.07. The van der Waals surface area contributed by atoms with Gasteiger partial charge in [0, 0.05) is 24.6 Å². The van der Waals surface area contributed by atoms with Crippen molar-refractivity contribution >= 4 is 23.2 Å². The summed E-state index contributed by atoms with van der Waals surface area (Å²) in [6.45, 7) is -0.437. The number of hydrogen-bond acceptors (Lipinski definition) is 6. The summed E-state index contributed by atoms with van der Waals surface area (Å²) in [4.78, 5) is 29.3. The maximum absolute atomic E-state index is 13.1. The Morgan fingerprint density at radius 3 is 2.10 bits per heavy atom. The van der Waals surface area contributed by atoms with Gasteiger partial charge in [0.25, 0.3) is 5.91 Å². The van der Waals surface area contributed by atoms with E-state index < -0.39 is 40.9 Å². The molecule has 0 saturated carbocycles. The number of amides is 1. The van der Waals surface area contributed by atoms with E-state index in [1.165, 1.54) is 12.5 Å². The highest BCUT2D eigenvalue weighted by Gasteiger charge is 2.38. The fraction of sp³-hybridized carbons (Fsp3) is 0.389. The van der Waals surface area contributed by atoms with E-state index in [-0.39, 0.29) is 36.5 Å². The van der Waals surface area contributed by atoms with Crippen molar-refractivity contribution in [2.24, 2.45) is 0 Å². The average molecular weight is 470 g/mol. The van der Waals surface area contributed by atoms with Crippen LogP contribution in [0.2, 0.25) is 0 Å². The molecular weight excluding hydrogens is 454 g/mol. The summed E-state index contributed by atoms with van der Waals surface area (Å²) < 4.78 is 88.0. The number of alkyl halides is 6. The van der Waals surface area contributed by atoms with Crippen molar-refractivity contribution in [1.82, 2.24) is 9.88 Å². The molecule has 1 heterocycles. The normalized spacial score (nSPS) is 12.0.